The fourth-order valence-corrected chi connectivity index (χ4v) is 23.9. The highest BCUT2D eigenvalue weighted by atomic mass is 16.6. The van der Waals surface area contributed by atoms with E-state index in [-0.39, 0.29) is 71.6 Å². The van der Waals surface area contributed by atoms with Gasteiger partial charge in [0.1, 0.15) is 0 Å². The van der Waals surface area contributed by atoms with Crippen LogP contribution in [0.2, 0.25) is 0 Å². The van der Waals surface area contributed by atoms with E-state index < -0.39 is 0 Å². The van der Waals surface area contributed by atoms with Crippen LogP contribution in [0.25, 0.3) is 0 Å². The Morgan fingerprint density at radius 2 is 0.129 bits per heavy atom. The van der Waals surface area contributed by atoms with Crippen LogP contribution in [0.4, 0.5) is 0 Å². The molecule has 24 rings (SSSR count). The molecule has 0 aromatic heterocycles. The first-order chi connectivity index (χ1) is 62.6. The zero-order chi connectivity index (χ0) is 103. The third kappa shape index (κ3) is 71.2. The van der Waals surface area contributed by atoms with Crippen molar-refractivity contribution in [3.8, 4) is 0 Å². The summed E-state index contributed by atoms with van der Waals surface area (Å²) in [7, 11) is 16.2. The van der Waals surface area contributed by atoms with Crippen molar-refractivity contribution in [1.82, 2.24) is 0 Å². The molecule has 0 aromatic carbocycles. The number of esters is 12. The Hall–Kier alpha value is -6.36. The Bertz CT molecular complexity index is 2020. The lowest BCUT2D eigenvalue weighted by molar-refractivity contribution is -0.138. The minimum Gasteiger partial charge on any atom is -0.469 e. The second kappa shape index (κ2) is 85.1. The van der Waals surface area contributed by atoms with Gasteiger partial charge in [0.15, 0.2) is 0 Å². The first-order valence-corrected chi connectivity index (χ1v) is 51.2. The molecule has 24 aliphatic rings. The van der Waals surface area contributed by atoms with Gasteiger partial charge in [-0.25, -0.2) is 0 Å². The number of hydrogen-bond donors (Lipinski definition) is 0. The molecule has 0 aliphatic heterocycles. The number of carbonyl (C=O) groups excluding carboxylic acids is 12. The summed E-state index contributed by atoms with van der Waals surface area (Å²) in [5, 5.41) is 0. The molecule has 24 fully saturated rings. The van der Waals surface area contributed by atoms with Crippen molar-refractivity contribution in [2.75, 3.05) is 85.3 Å². The third-order valence-electron chi connectivity index (χ3n) is 27.4. The van der Waals surface area contributed by atoms with Gasteiger partial charge in [-0.2, -0.15) is 0 Å². The van der Waals surface area contributed by atoms with Gasteiger partial charge in [-0.05, 0) is 373 Å². The Morgan fingerprint density at radius 3 is 0.144 bits per heavy atom. The van der Waals surface area contributed by atoms with E-state index in [1.165, 1.54) is 310 Å². The molecule has 0 amide bonds. The van der Waals surface area contributed by atoms with Crippen LogP contribution in [-0.2, 0) is 114 Å². The molecule has 24 heteroatoms. The normalized spacial score (nSPS) is 29.5. The summed E-state index contributed by atoms with van der Waals surface area (Å²) in [5.74, 6) is 25.3. The Kier molecular flexibility index (Phi) is 87.9. The predicted octanol–water partition coefficient (Wildman–Crippen LogP) is 25.3. The first kappa shape index (κ1) is 136. The molecule has 0 aromatic rings. The number of carbonyl (C=O) groups is 12. The van der Waals surface area contributed by atoms with Crippen molar-refractivity contribution in [3.05, 3.63) is 0 Å². The largest absolute Gasteiger partial charge is 0.469 e. The van der Waals surface area contributed by atoms with Crippen LogP contribution < -0.4 is 0 Å². The summed E-state index contributed by atoms with van der Waals surface area (Å²) in [6.07, 6.45) is 57.7. The highest BCUT2D eigenvalue weighted by Gasteiger charge is 2.47. The van der Waals surface area contributed by atoms with E-state index in [2.05, 4.69) is 56.8 Å². The zero-order valence-electron chi connectivity index (χ0n) is 91.1. The Labute approximate surface area is 806 Å². The molecule has 0 unspecified atom stereocenters. The van der Waals surface area contributed by atoms with Gasteiger partial charge in [-0.3, -0.25) is 57.5 Å². The van der Waals surface area contributed by atoms with Gasteiger partial charge in [0.05, 0.1) is 85.3 Å². The quantitative estimate of drug-likeness (QED) is 0.161. The van der Waals surface area contributed by atoms with E-state index in [0.29, 0.717) is 0 Å². The molecule has 24 aliphatic carbocycles. The second-order valence-corrected chi connectivity index (χ2v) is 37.6. The molecule has 0 saturated heterocycles. The lowest BCUT2D eigenvalue weighted by Crippen LogP contribution is -2.38. The van der Waals surface area contributed by atoms with Gasteiger partial charge >= 0.3 is 71.6 Å². The van der Waals surface area contributed by atoms with Crippen LogP contribution in [0.3, 0.4) is 0 Å². The van der Waals surface area contributed by atoms with Gasteiger partial charge in [-0.1, -0.05) is 83.1 Å². The molecule has 0 spiro atoms. The van der Waals surface area contributed by atoms with Crippen LogP contribution in [0.1, 0.15) is 397 Å². The van der Waals surface area contributed by atoms with Gasteiger partial charge in [0.25, 0.3) is 0 Å². The minimum absolute atomic E-state index is 0.245. The molecule has 24 bridgehead atoms. The van der Waals surface area contributed by atoms with Crippen LogP contribution in [0.15, 0.2) is 0 Å². The van der Waals surface area contributed by atoms with E-state index in [0.717, 1.165) is 0 Å². The van der Waals surface area contributed by atoms with Gasteiger partial charge in [0, 0.05) is 83.1 Å². The van der Waals surface area contributed by atoms with Crippen molar-refractivity contribution in [3.63, 3.8) is 0 Å². The third-order valence-corrected chi connectivity index (χ3v) is 27.4. The van der Waals surface area contributed by atoms with E-state index in [1.54, 1.807) is 231 Å². The van der Waals surface area contributed by atoms with Crippen molar-refractivity contribution in [2.24, 2.45) is 142 Å². The summed E-state index contributed by atoms with van der Waals surface area (Å²) in [5.41, 5.74) is 0. The van der Waals surface area contributed by atoms with Gasteiger partial charge in [-0.15, -0.1) is 0 Å². The minimum atomic E-state index is -0.245. The highest BCUT2D eigenvalue weighted by Crippen LogP contribution is 2.58. The molecule has 132 heavy (non-hydrogen) atoms. The smallest absolute Gasteiger partial charge is 0.302 e. The molecular formula is C108H204O24. The fourth-order valence-electron chi connectivity index (χ4n) is 23.9. The second-order valence-electron chi connectivity index (χ2n) is 37.6. The lowest BCUT2D eigenvalue weighted by atomic mass is 9.56. The molecule has 24 nitrogen and oxygen atoms in total. The summed E-state index contributed by atoms with van der Waals surface area (Å²) in [6, 6.07) is 0. The van der Waals surface area contributed by atoms with Crippen molar-refractivity contribution in [1.29, 1.82) is 0 Å². The van der Waals surface area contributed by atoms with E-state index in [4.69, 9.17) is 0 Å². The molecule has 24 saturated carbocycles. The Balaban J connectivity index is -0.000000319. The molecule has 0 atom stereocenters. The van der Waals surface area contributed by atoms with Crippen molar-refractivity contribution >= 4 is 71.6 Å². The van der Waals surface area contributed by atoms with Gasteiger partial charge < -0.3 is 56.8 Å². The summed E-state index contributed by atoms with van der Waals surface area (Å²) >= 11 is 0. The number of rotatable bonds is 0. The average molecular weight is 1890 g/mol. The molecule has 0 radical (unpaired) electrons. The molecule has 780 valence electrons. The average Bonchev–Trinajstić information content (AvgIpc) is 0.827. The maximum atomic E-state index is 9.59. The lowest BCUT2D eigenvalue weighted by Gasteiger charge is -2.49. The maximum Gasteiger partial charge on any atom is 0.302 e. The maximum absolute atomic E-state index is 9.59. The SMILES string of the molecule is C1C2CC3CC1CC(C2)C3.C1C2CC3CC1CC(C2)C3.C1C2CC3CC1CC(C2)C3.C1C2CC3CC1CC(C2)C3.C1C2CC3CC1CC(C2)C3.C1C2CC3CC1CC(C2)C3.CC.CC.CC.CC.CC.CC.COC(C)=O.COC(C)=O.COC(C)=O.COC(C)=O.COC(C)=O.COC(C)=O.COC(C)=O.COC(C)=O.COC(C)=O.COC(C)=O.COC(C)=O.COC(C)=O. The zero-order valence-corrected chi connectivity index (χ0v) is 91.1. The van der Waals surface area contributed by atoms with Gasteiger partial charge in [0.2, 0.25) is 0 Å². The highest BCUT2D eigenvalue weighted by molar-refractivity contribution is 5.68. The van der Waals surface area contributed by atoms with Crippen LogP contribution in [0.5, 0.6) is 0 Å². The summed E-state index contributed by atoms with van der Waals surface area (Å²) in [4.78, 5) is 115. The van der Waals surface area contributed by atoms with E-state index in [9.17, 15) is 57.5 Å². The topological polar surface area (TPSA) is 316 Å². The van der Waals surface area contributed by atoms with Crippen LogP contribution in [0, 0.1) is 142 Å². The number of hydrogen-bond acceptors (Lipinski definition) is 24. The molecule has 0 heterocycles. The van der Waals surface area contributed by atoms with E-state index in [1.807, 2.05) is 83.1 Å². The van der Waals surface area contributed by atoms with E-state index >= 15 is 0 Å². The van der Waals surface area contributed by atoms with Crippen LogP contribution in [-0.4, -0.2) is 157 Å². The molecule has 0 N–H and O–H groups in total. The summed E-state index contributed by atoms with van der Waals surface area (Å²) < 4.78 is 49.3. The number of methoxy groups -OCH3 is 12. The predicted molar refractivity (Wildman–Crippen MR) is 530 cm³/mol. The fraction of sp³-hybridized carbons (Fsp3) is 0.889. The first-order valence-electron chi connectivity index (χ1n) is 51.2. The van der Waals surface area contributed by atoms with Crippen molar-refractivity contribution in [2.45, 2.75) is 397 Å². The Morgan fingerprint density at radius 1 is 0.106 bits per heavy atom. The summed E-state index contributed by atoms with van der Waals surface area (Å²) in [6.45, 7) is 40.3. The number of ether oxygens (including phenoxy) is 12. The van der Waals surface area contributed by atoms with Crippen LogP contribution >= 0.6 is 0 Å². The molecular weight excluding hydrogens is 1680 g/mol. The monoisotopic (exact) mass is 1890 g/mol. The standard InChI is InChI=1S/6C10H16.12C3H6O2.6C2H6/c6*1-7-2-9-4-8(1)5-10(3-7)6-9;12*1-3(4)5-2;6*1-2/h6*7-10H,1-6H2;12*1-2H3;6*1-2H3. The van der Waals surface area contributed by atoms with Crippen molar-refractivity contribution < 1.29 is 114 Å².